The standard InChI is InChI=1S/C22H25IN4O2S/c1-14(2)18-10-5-15(3)11-19(18)29-12-20-25-26-22(27(20)4)30-13-21(28)24-17-8-6-16(23)7-9-17/h5-11,14H,12-13H2,1-4H3,(H,24,28). The van der Waals surface area contributed by atoms with Crippen LogP contribution in [0.15, 0.2) is 47.6 Å². The van der Waals surface area contributed by atoms with Crippen LogP contribution in [0, 0.1) is 10.5 Å². The minimum absolute atomic E-state index is 0.0802. The second kappa shape index (κ2) is 10.3. The summed E-state index contributed by atoms with van der Waals surface area (Å²) in [7, 11) is 1.89. The van der Waals surface area contributed by atoms with Gasteiger partial charge in [0.2, 0.25) is 5.91 Å². The number of rotatable bonds is 8. The molecule has 0 aliphatic heterocycles. The number of hydrogen-bond donors (Lipinski definition) is 1. The summed E-state index contributed by atoms with van der Waals surface area (Å²) in [5.74, 6) is 2.14. The van der Waals surface area contributed by atoms with E-state index < -0.39 is 0 Å². The lowest BCUT2D eigenvalue weighted by molar-refractivity contribution is -0.113. The summed E-state index contributed by atoms with van der Waals surface area (Å²) in [5, 5.41) is 12.0. The van der Waals surface area contributed by atoms with Crippen LogP contribution in [0.5, 0.6) is 5.75 Å². The average molecular weight is 536 g/mol. The number of carbonyl (C=O) groups excluding carboxylic acids is 1. The van der Waals surface area contributed by atoms with E-state index in [-0.39, 0.29) is 11.7 Å². The molecule has 0 unspecified atom stereocenters. The Morgan fingerprint density at radius 2 is 1.93 bits per heavy atom. The quantitative estimate of drug-likeness (QED) is 0.318. The number of aromatic nitrogens is 3. The highest BCUT2D eigenvalue weighted by molar-refractivity contribution is 14.1. The lowest BCUT2D eigenvalue weighted by Crippen LogP contribution is -2.14. The topological polar surface area (TPSA) is 69.0 Å². The van der Waals surface area contributed by atoms with Gasteiger partial charge in [0.1, 0.15) is 12.4 Å². The third-order valence-corrected chi connectivity index (χ3v) is 6.27. The Labute approximate surface area is 195 Å². The molecule has 0 atom stereocenters. The Bertz CT molecular complexity index is 1020. The normalized spacial score (nSPS) is 11.0. The van der Waals surface area contributed by atoms with Crippen molar-refractivity contribution in [1.82, 2.24) is 14.8 Å². The molecule has 0 saturated heterocycles. The first-order chi connectivity index (χ1) is 14.3. The molecule has 0 saturated carbocycles. The van der Waals surface area contributed by atoms with Gasteiger partial charge in [-0.05, 0) is 76.9 Å². The summed E-state index contributed by atoms with van der Waals surface area (Å²) in [5.41, 5.74) is 3.11. The van der Waals surface area contributed by atoms with Crippen LogP contribution >= 0.6 is 34.4 Å². The predicted octanol–water partition coefficient (Wildman–Crippen LogP) is 5.16. The molecule has 6 nitrogen and oxygen atoms in total. The lowest BCUT2D eigenvalue weighted by atomic mass is 10.0. The molecule has 0 aliphatic carbocycles. The molecule has 0 aliphatic rings. The number of nitrogens with one attached hydrogen (secondary N) is 1. The predicted molar refractivity (Wildman–Crippen MR) is 129 cm³/mol. The number of halogens is 1. The van der Waals surface area contributed by atoms with Gasteiger partial charge < -0.3 is 14.6 Å². The van der Waals surface area contributed by atoms with Crippen LogP contribution in [-0.4, -0.2) is 26.4 Å². The zero-order valence-corrected chi connectivity index (χ0v) is 20.5. The molecule has 1 aromatic heterocycles. The van der Waals surface area contributed by atoms with Crippen molar-refractivity contribution in [2.75, 3.05) is 11.1 Å². The number of thioether (sulfide) groups is 1. The molecule has 0 radical (unpaired) electrons. The zero-order valence-electron chi connectivity index (χ0n) is 17.5. The number of hydrogen-bond acceptors (Lipinski definition) is 5. The Balaban J connectivity index is 1.58. The van der Waals surface area contributed by atoms with E-state index in [1.165, 1.54) is 17.3 Å². The van der Waals surface area contributed by atoms with Crippen molar-refractivity contribution in [2.45, 2.75) is 38.5 Å². The summed E-state index contributed by atoms with van der Waals surface area (Å²) < 4.78 is 9.05. The fraction of sp³-hybridized carbons (Fsp3) is 0.318. The van der Waals surface area contributed by atoms with Gasteiger partial charge in [-0.2, -0.15) is 0 Å². The molecule has 1 amide bonds. The van der Waals surface area contributed by atoms with Crippen molar-refractivity contribution < 1.29 is 9.53 Å². The Morgan fingerprint density at radius 3 is 2.63 bits per heavy atom. The second-order valence-corrected chi connectivity index (χ2v) is 9.47. The molecule has 3 aromatic rings. The summed E-state index contributed by atoms with van der Waals surface area (Å²) in [6, 6.07) is 13.9. The lowest BCUT2D eigenvalue weighted by Gasteiger charge is -2.14. The van der Waals surface area contributed by atoms with Gasteiger partial charge in [0.05, 0.1) is 5.75 Å². The van der Waals surface area contributed by atoms with Crippen molar-refractivity contribution in [3.8, 4) is 5.75 Å². The molecule has 158 valence electrons. The maximum Gasteiger partial charge on any atom is 0.234 e. The van der Waals surface area contributed by atoms with E-state index in [4.69, 9.17) is 4.74 Å². The molecule has 8 heteroatoms. The van der Waals surface area contributed by atoms with Gasteiger partial charge in [-0.25, -0.2) is 0 Å². The first-order valence-corrected chi connectivity index (χ1v) is 11.7. The SMILES string of the molecule is Cc1ccc(C(C)C)c(OCc2nnc(SCC(=O)Nc3ccc(I)cc3)n2C)c1. The molecule has 1 heterocycles. The third-order valence-electron chi connectivity index (χ3n) is 4.53. The van der Waals surface area contributed by atoms with Crippen molar-refractivity contribution in [3.63, 3.8) is 0 Å². The van der Waals surface area contributed by atoms with E-state index >= 15 is 0 Å². The highest BCUT2D eigenvalue weighted by Gasteiger charge is 2.14. The van der Waals surface area contributed by atoms with Crippen LogP contribution in [0.3, 0.4) is 0 Å². The highest BCUT2D eigenvalue weighted by atomic mass is 127. The van der Waals surface area contributed by atoms with Gasteiger partial charge in [-0.3, -0.25) is 4.79 Å². The second-order valence-electron chi connectivity index (χ2n) is 7.29. The maximum atomic E-state index is 12.2. The summed E-state index contributed by atoms with van der Waals surface area (Å²) in [6.45, 7) is 6.67. The fourth-order valence-electron chi connectivity index (χ4n) is 2.84. The summed E-state index contributed by atoms with van der Waals surface area (Å²) in [4.78, 5) is 12.2. The molecular formula is C22H25IN4O2S. The number of nitrogens with zero attached hydrogens (tertiary/aromatic N) is 3. The molecule has 30 heavy (non-hydrogen) atoms. The molecular weight excluding hydrogens is 511 g/mol. The first kappa shape index (κ1) is 22.6. The van der Waals surface area contributed by atoms with Gasteiger partial charge in [-0.1, -0.05) is 37.7 Å². The van der Waals surface area contributed by atoms with Gasteiger partial charge in [0, 0.05) is 16.3 Å². The number of amides is 1. The van der Waals surface area contributed by atoms with Crippen LogP contribution in [0.25, 0.3) is 0 Å². The van der Waals surface area contributed by atoms with Crippen LogP contribution in [0.1, 0.15) is 36.7 Å². The largest absolute Gasteiger partial charge is 0.485 e. The third kappa shape index (κ3) is 5.98. The number of ether oxygens (including phenoxy) is 1. The van der Waals surface area contributed by atoms with E-state index in [2.05, 4.69) is 77.1 Å². The molecule has 0 spiro atoms. The Morgan fingerprint density at radius 1 is 1.20 bits per heavy atom. The molecule has 3 rings (SSSR count). The number of aryl methyl sites for hydroxylation is 1. The van der Waals surface area contributed by atoms with E-state index in [1.807, 2.05) is 35.9 Å². The fourth-order valence-corrected chi connectivity index (χ4v) is 3.93. The monoisotopic (exact) mass is 536 g/mol. The zero-order chi connectivity index (χ0) is 21.7. The van der Waals surface area contributed by atoms with Gasteiger partial charge in [-0.15, -0.1) is 10.2 Å². The van der Waals surface area contributed by atoms with E-state index in [0.29, 0.717) is 23.5 Å². The smallest absolute Gasteiger partial charge is 0.234 e. The number of benzene rings is 2. The van der Waals surface area contributed by atoms with E-state index in [1.54, 1.807) is 0 Å². The minimum atomic E-state index is -0.0802. The van der Waals surface area contributed by atoms with Crippen LogP contribution < -0.4 is 10.1 Å². The molecule has 1 N–H and O–H groups in total. The van der Waals surface area contributed by atoms with Crippen molar-refractivity contribution in [2.24, 2.45) is 7.05 Å². The molecule has 2 aromatic carbocycles. The van der Waals surface area contributed by atoms with Crippen LogP contribution in [0.2, 0.25) is 0 Å². The average Bonchev–Trinajstić information content (AvgIpc) is 3.06. The van der Waals surface area contributed by atoms with E-state index in [9.17, 15) is 4.79 Å². The molecule has 0 fully saturated rings. The molecule has 0 bridgehead atoms. The van der Waals surface area contributed by atoms with Crippen LogP contribution in [-0.2, 0) is 18.4 Å². The van der Waals surface area contributed by atoms with E-state index in [0.717, 1.165) is 20.6 Å². The first-order valence-electron chi connectivity index (χ1n) is 9.63. The summed E-state index contributed by atoms with van der Waals surface area (Å²) >= 11 is 3.58. The number of carbonyl (C=O) groups is 1. The van der Waals surface area contributed by atoms with Gasteiger partial charge >= 0.3 is 0 Å². The van der Waals surface area contributed by atoms with Crippen molar-refractivity contribution in [3.05, 3.63) is 63.0 Å². The van der Waals surface area contributed by atoms with Crippen molar-refractivity contribution >= 4 is 45.9 Å². The minimum Gasteiger partial charge on any atom is -0.485 e. The van der Waals surface area contributed by atoms with Gasteiger partial charge in [0.15, 0.2) is 11.0 Å². The highest BCUT2D eigenvalue weighted by Crippen LogP contribution is 2.28. The number of anilines is 1. The van der Waals surface area contributed by atoms with Crippen LogP contribution in [0.4, 0.5) is 5.69 Å². The van der Waals surface area contributed by atoms with Gasteiger partial charge in [0.25, 0.3) is 0 Å². The Kier molecular flexibility index (Phi) is 7.76. The van der Waals surface area contributed by atoms with Crippen molar-refractivity contribution in [1.29, 1.82) is 0 Å². The Hall–Kier alpha value is -2.07. The summed E-state index contributed by atoms with van der Waals surface area (Å²) in [6.07, 6.45) is 0. The maximum absolute atomic E-state index is 12.2.